The molecule has 0 radical (unpaired) electrons. The van der Waals surface area contributed by atoms with Crippen LogP contribution in [0.25, 0.3) is 5.78 Å². The summed E-state index contributed by atoms with van der Waals surface area (Å²) in [6.45, 7) is 5.67. The lowest BCUT2D eigenvalue weighted by atomic mass is 10.4. The van der Waals surface area contributed by atoms with Gasteiger partial charge in [0.1, 0.15) is 17.2 Å². The van der Waals surface area contributed by atoms with Crippen molar-refractivity contribution in [2.45, 2.75) is 43.2 Å². The minimum Gasteiger partial charge on any atom is -0.303 e. The van der Waals surface area contributed by atoms with Gasteiger partial charge in [-0.25, -0.2) is 4.98 Å². The van der Waals surface area contributed by atoms with Crippen LogP contribution in [-0.4, -0.2) is 34.3 Å². The molecule has 23 heavy (non-hydrogen) atoms. The summed E-state index contributed by atoms with van der Waals surface area (Å²) in [5, 5.41) is 12.6. The Balaban J connectivity index is 2.11. The van der Waals surface area contributed by atoms with E-state index in [2.05, 4.69) is 25.3 Å². The van der Waals surface area contributed by atoms with Gasteiger partial charge in [-0.3, -0.25) is 0 Å². The molecule has 3 rings (SSSR count). The van der Waals surface area contributed by atoms with Gasteiger partial charge in [0.2, 0.25) is 0 Å². The molecule has 0 atom stereocenters. The summed E-state index contributed by atoms with van der Waals surface area (Å²) in [6, 6.07) is 1.00. The van der Waals surface area contributed by atoms with Gasteiger partial charge in [0, 0.05) is 12.1 Å². The molecule has 3 heterocycles. The van der Waals surface area contributed by atoms with Crippen molar-refractivity contribution in [3.8, 4) is 0 Å². The van der Waals surface area contributed by atoms with Crippen LogP contribution in [0.1, 0.15) is 31.4 Å². The maximum Gasteiger partial charge on any atom is 0.433 e. The number of hydrogen-bond donors (Lipinski definition) is 0. The SMILES string of the molecule is Cc1nnc(Sc2cc(C(F)(F)F)nc3ncnn23)n1C(C)C. The van der Waals surface area contributed by atoms with E-state index < -0.39 is 11.9 Å². The largest absolute Gasteiger partial charge is 0.433 e. The fourth-order valence-electron chi connectivity index (χ4n) is 2.11. The lowest BCUT2D eigenvalue weighted by Gasteiger charge is -2.13. The summed E-state index contributed by atoms with van der Waals surface area (Å²) in [5.41, 5.74) is -1.02. The minimum absolute atomic E-state index is 0.0719. The number of alkyl halides is 3. The Morgan fingerprint density at radius 1 is 1.22 bits per heavy atom. The first-order chi connectivity index (χ1) is 10.8. The van der Waals surface area contributed by atoms with Gasteiger partial charge in [0.05, 0.1) is 0 Å². The molecule has 7 nitrogen and oxygen atoms in total. The Bertz CT molecular complexity index is 852. The summed E-state index contributed by atoms with van der Waals surface area (Å²) < 4.78 is 42.0. The third-order valence-corrected chi connectivity index (χ3v) is 4.02. The Morgan fingerprint density at radius 2 is 1.96 bits per heavy atom. The first-order valence-corrected chi connectivity index (χ1v) is 7.46. The first kappa shape index (κ1) is 15.7. The van der Waals surface area contributed by atoms with Gasteiger partial charge in [-0.15, -0.1) is 10.2 Å². The van der Waals surface area contributed by atoms with E-state index in [9.17, 15) is 13.2 Å². The topological polar surface area (TPSA) is 73.8 Å². The number of hydrogen-bond acceptors (Lipinski definition) is 6. The second kappa shape index (κ2) is 5.48. The Kier molecular flexibility index (Phi) is 3.74. The predicted molar refractivity (Wildman–Crippen MR) is 75.1 cm³/mol. The number of halogens is 3. The number of aromatic nitrogens is 7. The van der Waals surface area contributed by atoms with Crippen molar-refractivity contribution in [3.63, 3.8) is 0 Å². The van der Waals surface area contributed by atoms with Gasteiger partial charge in [0.15, 0.2) is 10.9 Å². The van der Waals surface area contributed by atoms with E-state index in [4.69, 9.17) is 0 Å². The standard InChI is InChI=1S/C12H12F3N7S/c1-6(2)21-7(3)19-20-11(21)23-9-4-8(12(13,14)15)18-10-16-5-17-22(9)10/h4-6H,1-3H3. The number of aryl methyl sites for hydroxylation is 1. The maximum absolute atomic E-state index is 13.0. The Morgan fingerprint density at radius 3 is 2.61 bits per heavy atom. The van der Waals surface area contributed by atoms with E-state index in [1.165, 1.54) is 4.52 Å². The minimum atomic E-state index is -4.56. The molecule has 0 fully saturated rings. The second-order valence-electron chi connectivity index (χ2n) is 5.04. The van der Waals surface area contributed by atoms with Crippen LogP contribution in [0.2, 0.25) is 0 Å². The van der Waals surface area contributed by atoms with E-state index in [0.717, 1.165) is 24.2 Å². The average molecular weight is 343 g/mol. The van der Waals surface area contributed by atoms with E-state index in [0.29, 0.717) is 11.0 Å². The molecule has 3 aromatic heterocycles. The molecule has 0 saturated carbocycles. The Labute approximate surface area is 133 Å². The molecule has 122 valence electrons. The van der Waals surface area contributed by atoms with Crippen LogP contribution in [0, 0.1) is 6.92 Å². The first-order valence-electron chi connectivity index (χ1n) is 6.64. The zero-order valence-corrected chi connectivity index (χ0v) is 13.2. The third kappa shape index (κ3) is 2.87. The molecule has 0 amide bonds. The predicted octanol–water partition coefficient (Wildman–Crippen LogP) is 2.78. The highest BCUT2D eigenvalue weighted by Crippen LogP contribution is 2.33. The molecule has 0 aromatic carbocycles. The highest BCUT2D eigenvalue weighted by Gasteiger charge is 2.34. The van der Waals surface area contributed by atoms with Gasteiger partial charge >= 0.3 is 6.18 Å². The summed E-state index contributed by atoms with van der Waals surface area (Å²) >= 11 is 1.04. The average Bonchev–Trinajstić information content (AvgIpc) is 3.04. The van der Waals surface area contributed by atoms with Crippen molar-refractivity contribution in [1.82, 2.24) is 34.3 Å². The van der Waals surface area contributed by atoms with Crippen molar-refractivity contribution in [2.75, 3.05) is 0 Å². The van der Waals surface area contributed by atoms with Crippen LogP contribution in [0.15, 0.2) is 22.6 Å². The highest BCUT2D eigenvalue weighted by atomic mass is 32.2. The lowest BCUT2D eigenvalue weighted by molar-refractivity contribution is -0.141. The third-order valence-electron chi connectivity index (χ3n) is 3.06. The molecule has 0 aliphatic carbocycles. The quantitative estimate of drug-likeness (QED) is 0.681. The van der Waals surface area contributed by atoms with Gasteiger partial charge in [-0.2, -0.15) is 27.8 Å². The van der Waals surface area contributed by atoms with Crippen LogP contribution in [0.3, 0.4) is 0 Å². The van der Waals surface area contributed by atoms with Crippen molar-refractivity contribution in [1.29, 1.82) is 0 Å². The highest BCUT2D eigenvalue weighted by molar-refractivity contribution is 7.99. The molecule has 0 N–H and O–H groups in total. The second-order valence-corrected chi connectivity index (χ2v) is 6.03. The van der Waals surface area contributed by atoms with Crippen LogP contribution >= 0.6 is 11.8 Å². The van der Waals surface area contributed by atoms with Gasteiger partial charge in [-0.05, 0) is 32.5 Å². The van der Waals surface area contributed by atoms with Crippen molar-refractivity contribution in [2.24, 2.45) is 0 Å². The van der Waals surface area contributed by atoms with Crippen molar-refractivity contribution in [3.05, 3.63) is 23.9 Å². The zero-order valence-electron chi connectivity index (χ0n) is 12.4. The number of fused-ring (bicyclic) bond motifs is 1. The molecular formula is C12H12F3N7S. The van der Waals surface area contributed by atoms with E-state index >= 15 is 0 Å². The fraction of sp³-hybridized carbons (Fsp3) is 0.417. The Hall–Kier alpha value is -2.17. The smallest absolute Gasteiger partial charge is 0.303 e. The van der Waals surface area contributed by atoms with Crippen molar-refractivity contribution >= 4 is 17.5 Å². The number of rotatable bonds is 3. The molecule has 3 aromatic rings. The van der Waals surface area contributed by atoms with Crippen LogP contribution in [0.4, 0.5) is 13.2 Å². The molecule has 0 saturated heterocycles. The van der Waals surface area contributed by atoms with Crippen LogP contribution in [0.5, 0.6) is 0 Å². The molecule has 0 spiro atoms. The van der Waals surface area contributed by atoms with Gasteiger partial charge < -0.3 is 4.57 Å². The lowest BCUT2D eigenvalue weighted by Crippen LogP contribution is -2.11. The fourth-order valence-corrected chi connectivity index (χ4v) is 3.21. The van der Waals surface area contributed by atoms with E-state index in [1.54, 1.807) is 6.92 Å². The van der Waals surface area contributed by atoms with E-state index in [1.807, 2.05) is 18.4 Å². The normalized spacial score (nSPS) is 12.5. The van der Waals surface area contributed by atoms with Crippen LogP contribution < -0.4 is 0 Å². The maximum atomic E-state index is 13.0. The molecule has 0 aliphatic rings. The van der Waals surface area contributed by atoms with Crippen molar-refractivity contribution < 1.29 is 13.2 Å². The molecule has 0 unspecified atom stereocenters. The molecule has 0 bridgehead atoms. The van der Waals surface area contributed by atoms with Crippen LogP contribution in [-0.2, 0) is 6.18 Å². The number of nitrogens with zero attached hydrogens (tertiary/aromatic N) is 7. The molecule has 0 aliphatic heterocycles. The molecular weight excluding hydrogens is 331 g/mol. The summed E-state index contributed by atoms with van der Waals surface area (Å²) in [4.78, 5) is 7.22. The zero-order chi connectivity index (χ0) is 16.8. The summed E-state index contributed by atoms with van der Waals surface area (Å²) in [6.07, 6.45) is -3.41. The van der Waals surface area contributed by atoms with Gasteiger partial charge in [0.25, 0.3) is 5.78 Å². The monoisotopic (exact) mass is 343 g/mol. The summed E-state index contributed by atoms with van der Waals surface area (Å²) in [7, 11) is 0. The molecule has 11 heteroatoms. The summed E-state index contributed by atoms with van der Waals surface area (Å²) in [5.74, 6) is 0.567. The van der Waals surface area contributed by atoms with Gasteiger partial charge in [-0.1, -0.05) is 0 Å². The van der Waals surface area contributed by atoms with E-state index in [-0.39, 0.29) is 16.8 Å².